The first-order valence-corrected chi connectivity index (χ1v) is 7.15. The Labute approximate surface area is 124 Å². The summed E-state index contributed by atoms with van der Waals surface area (Å²) in [6, 6.07) is 4.24. The first-order valence-electron chi connectivity index (χ1n) is 7.15. The van der Waals surface area contributed by atoms with Crippen molar-refractivity contribution < 1.29 is 19.7 Å². The SMILES string of the molecule is CCOC(=O)C(C)(c1cc(O)cc(O)c1)N1CCNCC1. The Morgan fingerprint density at radius 3 is 2.38 bits per heavy atom. The van der Waals surface area contributed by atoms with Gasteiger partial charge in [-0.05, 0) is 31.5 Å². The van der Waals surface area contributed by atoms with Crippen LogP contribution in [0.3, 0.4) is 0 Å². The van der Waals surface area contributed by atoms with Crippen molar-refractivity contribution in [3.05, 3.63) is 23.8 Å². The average Bonchev–Trinajstić information content (AvgIpc) is 2.46. The highest BCUT2D eigenvalue weighted by atomic mass is 16.5. The molecule has 1 atom stereocenters. The minimum atomic E-state index is -1.03. The lowest BCUT2D eigenvalue weighted by Crippen LogP contribution is -2.57. The summed E-state index contributed by atoms with van der Waals surface area (Å²) in [5.41, 5.74) is -0.505. The molecule has 0 bridgehead atoms. The molecule has 6 nitrogen and oxygen atoms in total. The topological polar surface area (TPSA) is 82.0 Å². The second-order valence-corrected chi connectivity index (χ2v) is 5.27. The number of phenolic OH excluding ortho intramolecular Hbond substituents is 2. The zero-order valence-corrected chi connectivity index (χ0v) is 12.4. The molecule has 0 aliphatic carbocycles. The third-order valence-electron chi connectivity index (χ3n) is 3.89. The van der Waals surface area contributed by atoms with Gasteiger partial charge in [0.25, 0.3) is 0 Å². The number of benzene rings is 1. The minimum absolute atomic E-state index is 0.0735. The number of carbonyl (C=O) groups excluding carboxylic acids is 1. The van der Waals surface area contributed by atoms with Gasteiger partial charge in [-0.1, -0.05) is 0 Å². The molecule has 1 aliphatic heterocycles. The molecule has 0 spiro atoms. The molecular formula is C15H22N2O4. The molecule has 3 N–H and O–H groups in total. The average molecular weight is 294 g/mol. The summed E-state index contributed by atoms with van der Waals surface area (Å²) in [6.45, 7) is 6.74. The van der Waals surface area contributed by atoms with E-state index in [1.54, 1.807) is 13.8 Å². The van der Waals surface area contributed by atoms with Crippen LogP contribution in [-0.4, -0.2) is 53.9 Å². The highest BCUT2D eigenvalue weighted by Gasteiger charge is 2.43. The fraction of sp³-hybridized carbons (Fsp3) is 0.533. The fourth-order valence-electron chi connectivity index (χ4n) is 2.69. The maximum absolute atomic E-state index is 12.5. The van der Waals surface area contributed by atoms with E-state index in [-0.39, 0.29) is 24.1 Å². The van der Waals surface area contributed by atoms with Crippen LogP contribution in [0.25, 0.3) is 0 Å². The third-order valence-corrected chi connectivity index (χ3v) is 3.89. The number of carbonyl (C=O) groups is 1. The molecule has 1 aromatic carbocycles. The molecule has 1 unspecified atom stereocenters. The lowest BCUT2D eigenvalue weighted by atomic mass is 9.89. The third kappa shape index (κ3) is 3.11. The summed E-state index contributed by atoms with van der Waals surface area (Å²) in [5.74, 6) is -0.525. The summed E-state index contributed by atoms with van der Waals surface area (Å²) >= 11 is 0. The van der Waals surface area contributed by atoms with Crippen LogP contribution in [0.5, 0.6) is 11.5 Å². The molecule has 1 fully saturated rings. The Morgan fingerprint density at radius 2 is 1.86 bits per heavy atom. The van der Waals surface area contributed by atoms with Crippen LogP contribution in [0.1, 0.15) is 19.4 Å². The number of esters is 1. The first-order chi connectivity index (χ1) is 9.98. The van der Waals surface area contributed by atoms with Gasteiger partial charge in [-0.15, -0.1) is 0 Å². The number of aromatic hydroxyl groups is 2. The number of phenols is 2. The van der Waals surface area contributed by atoms with Gasteiger partial charge in [0.1, 0.15) is 17.0 Å². The standard InChI is InChI=1S/C15H22N2O4/c1-3-21-14(20)15(2,17-6-4-16-5-7-17)11-8-12(18)10-13(19)9-11/h8-10,16,18-19H,3-7H2,1-2H3. The van der Waals surface area contributed by atoms with E-state index in [4.69, 9.17) is 4.74 Å². The van der Waals surface area contributed by atoms with Gasteiger partial charge in [0.2, 0.25) is 0 Å². The highest BCUT2D eigenvalue weighted by molar-refractivity contribution is 5.82. The number of nitrogens with zero attached hydrogens (tertiary/aromatic N) is 1. The van der Waals surface area contributed by atoms with Crippen LogP contribution in [0, 0.1) is 0 Å². The molecule has 1 aliphatic rings. The molecule has 116 valence electrons. The summed E-state index contributed by atoms with van der Waals surface area (Å²) in [4.78, 5) is 14.5. The van der Waals surface area contributed by atoms with Gasteiger partial charge >= 0.3 is 5.97 Å². The van der Waals surface area contributed by atoms with Crippen LogP contribution >= 0.6 is 0 Å². The Balaban J connectivity index is 2.45. The van der Waals surface area contributed by atoms with Crippen LogP contribution in [0.2, 0.25) is 0 Å². The van der Waals surface area contributed by atoms with Crippen molar-refractivity contribution in [2.75, 3.05) is 32.8 Å². The number of hydrogen-bond donors (Lipinski definition) is 3. The van der Waals surface area contributed by atoms with E-state index < -0.39 is 5.54 Å². The predicted molar refractivity (Wildman–Crippen MR) is 78.2 cm³/mol. The van der Waals surface area contributed by atoms with Crippen molar-refractivity contribution in [1.82, 2.24) is 10.2 Å². The zero-order valence-electron chi connectivity index (χ0n) is 12.4. The van der Waals surface area contributed by atoms with E-state index in [2.05, 4.69) is 5.32 Å². The maximum atomic E-state index is 12.5. The molecule has 0 aromatic heterocycles. The number of nitrogens with one attached hydrogen (secondary N) is 1. The second kappa shape index (κ2) is 6.32. The summed E-state index contributed by atoms with van der Waals surface area (Å²) in [5, 5.41) is 22.7. The molecule has 2 rings (SSSR count). The predicted octanol–water partition coefficient (Wildman–Crippen LogP) is 0.781. The quantitative estimate of drug-likeness (QED) is 0.712. The number of ether oxygens (including phenoxy) is 1. The molecular weight excluding hydrogens is 272 g/mol. The Morgan fingerprint density at radius 1 is 1.29 bits per heavy atom. The van der Waals surface area contributed by atoms with Crippen LogP contribution < -0.4 is 5.32 Å². The highest BCUT2D eigenvalue weighted by Crippen LogP contribution is 2.34. The van der Waals surface area contributed by atoms with Crippen molar-refractivity contribution in [2.24, 2.45) is 0 Å². The number of piperazine rings is 1. The maximum Gasteiger partial charge on any atom is 0.330 e. The second-order valence-electron chi connectivity index (χ2n) is 5.27. The summed E-state index contributed by atoms with van der Waals surface area (Å²) in [7, 11) is 0. The van der Waals surface area contributed by atoms with E-state index in [1.807, 2.05) is 4.90 Å². The molecule has 1 saturated heterocycles. The lowest BCUT2D eigenvalue weighted by molar-refractivity contribution is -0.158. The number of rotatable bonds is 4. The van der Waals surface area contributed by atoms with Gasteiger partial charge in [0.15, 0.2) is 0 Å². The first kappa shape index (κ1) is 15.6. The van der Waals surface area contributed by atoms with Crippen molar-refractivity contribution in [1.29, 1.82) is 0 Å². The van der Waals surface area contributed by atoms with Gasteiger partial charge in [-0.2, -0.15) is 0 Å². The van der Waals surface area contributed by atoms with Crippen molar-refractivity contribution >= 4 is 5.97 Å². The largest absolute Gasteiger partial charge is 0.508 e. The summed E-state index contributed by atoms with van der Waals surface area (Å²) < 4.78 is 5.23. The molecule has 0 saturated carbocycles. The monoisotopic (exact) mass is 294 g/mol. The molecule has 21 heavy (non-hydrogen) atoms. The fourth-order valence-corrected chi connectivity index (χ4v) is 2.69. The minimum Gasteiger partial charge on any atom is -0.508 e. The van der Waals surface area contributed by atoms with E-state index >= 15 is 0 Å². The Kier molecular flexibility index (Phi) is 4.69. The Hall–Kier alpha value is -1.79. The van der Waals surface area contributed by atoms with Crippen molar-refractivity contribution in [2.45, 2.75) is 19.4 Å². The molecule has 0 radical (unpaired) electrons. The van der Waals surface area contributed by atoms with E-state index in [0.29, 0.717) is 18.7 Å². The molecule has 1 heterocycles. The van der Waals surface area contributed by atoms with Crippen LogP contribution in [0.15, 0.2) is 18.2 Å². The number of hydrogen-bond acceptors (Lipinski definition) is 6. The smallest absolute Gasteiger partial charge is 0.330 e. The normalized spacial score (nSPS) is 19.0. The van der Waals surface area contributed by atoms with Gasteiger partial charge in [-0.3, -0.25) is 4.90 Å². The van der Waals surface area contributed by atoms with Crippen LogP contribution in [-0.2, 0) is 15.1 Å². The van der Waals surface area contributed by atoms with Crippen molar-refractivity contribution in [3.63, 3.8) is 0 Å². The van der Waals surface area contributed by atoms with Gasteiger partial charge in [-0.25, -0.2) is 4.79 Å². The summed E-state index contributed by atoms with van der Waals surface area (Å²) in [6.07, 6.45) is 0. The van der Waals surface area contributed by atoms with Crippen molar-refractivity contribution in [3.8, 4) is 11.5 Å². The molecule has 0 amide bonds. The van der Waals surface area contributed by atoms with E-state index in [0.717, 1.165) is 13.1 Å². The van der Waals surface area contributed by atoms with Gasteiger partial charge in [0.05, 0.1) is 6.61 Å². The molecule has 6 heteroatoms. The van der Waals surface area contributed by atoms with Gasteiger partial charge < -0.3 is 20.3 Å². The van der Waals surface area contributed by atoms with Gasteiger partial charge in [0, 0.05) is 32.2 Å². The lowest BCUT2D eigenvalue weighted by Gasteiger charge is -2.41. The Bertz CT molecular complexity index is 494. The van der Waals surface area contributed by atoms with Crippen LogP contribution in [0.4, 0.5) is 0 Å². The molecule has 1 aromatic rings. The zero-order chi connectivity index (χ0) is 15.5. The van der Waals surface area contributed by atoms with E-state index in [1.165, 1.54) is 18.2 Å². The van der Waals surface area contributed by atoms with E-state index in [9.17, 15) is 15.0 Å².